The van der Waals surface area contributed by atoms with Crippen LogP contribution in [-0.2, 0) is 12.8 Å². The van der Waals surface area contributed by atoms with Gasteiger partial charge in [0, 0.05) is 56.7 Å². The van der Waals surface area contributed by atoms with Crippen LogP contribution in [0, 0.1) is 25.7 Å². The number of benzene rings is 13. The standard InChI is InChI=1S/C100H84N2O8/c1-12-52-31-56-39-82-69-18-15-63-65-22-26-74-92-75(98(108)101(97(74)107)95-77(46(2)3)34-59(61(42-103)43-104)35-78(95)47(4)5)27-23-66(88(65)92)64-16-19-70(89(69)87(63)64)84(82)41-58(56)33-54(52)14-13-53-32-57-40-83-72-21-25-73-86-51(11)30-85-93-76(28-24-68(94(86)93)67-17-20-71(90(72)91(67)73)81(83)38-55(57)29-50(53)10)99(109)102(100(85)110)96-79(48(6)7)36-60(62(44-105)45-106)37-80(96)49(8)9/h12,15-41,46-49,61-62,90-91,103-106H,1,13-14,42-45H2,2-11H3. The lowest BCUT2D eigenvalue weighted by atomic mass is 9.62. The van der Waals surface area contributed by atoms with Crippen LogP contribution in [0.5, 0.6) is 0 Å². The van der Waals surface area contributed by atoms with Crippen molar-refractivity contribution in [3.05, 3.63) is 276 Å². The Kier molecular flexibility index (Phi) is 15.1. The number of carbonyl (C=O) groups excluding carboxylic acids is 4. The Morgan fingerprint density at radius 1 is 0.355 bits per heavy atom. The van der Waals surface area contributed by atoms with E-state index >= 15 is 19.2 Å². The third-order valence-electron chi connectivity index (χ3n) is 26.2. The summed E-state index contributed by atoms with van der Waals surface area (Å²) in [7, 11) is 0. The van der Waals surface area contributed by atoms with Crippen LogP contribution in [0.4, 0.5) is 11.4 Å². The fraction of sp³-hybridized carbons (Fsp3) is 0.240. The lowest BCUT2D eigenvalue weighted by Crippen LogP contribution is -2.42. The minimum absolute atomic E-state index is 0.0415. The van der Waals surface area contributed by atoms with Gasteiger partial charge in [-0.3, -0.25) is 19.2 Å². The summed E-state index contributed by atoms with van der Waals surface area (Å²) < 4.78 is 0. The predicted molar refractivity (Wildman–Crippen MR) is 449 cm³/mol. The Balaban J connectivity index is 0.613. The first-order valence-corrected chi connectivity index (χ1v) is 39.2. The summed E-state index contributed by atoms with van der Waals surface area (Å²) >= 11 is 0. The second-order valence-corrected chi connectivity index (χ2v) is 33.4. The van der Waals surface area contributed by atoms with E-state index in [0.29, 0.717) is 44.4 Å². The first kappa shape index (κ1) is 68.1. The van der Waals surface area contributed by atoms with Crippen molar-refractivity contribution in [3.63, 3.8) is 0 Å². The lowest BCUT2D eigenvalue weighted by Gasteiger charge is -2.41. The van der Waals surface area contributed by atoms with E-state index < -0.39 is 11.8 Å². The SMILES string of the molecule is C=Cc1cc2cc3c(cc2cc1CCc1cc2cc4c(cc2cc1C)C1=CC=C2c5ccc6c7c(cc(C)c(c57)C5=CC=C4C1C25)C(=O)N(c1c(C(C)C)cc(C(CO)CO)cc1C(C)C)C6=O)-c1ccc2c4ccc5c6c(ccc(c7ccc-3c1c72)c64)C(=O)N(c1c(C(C)C)cc(C(CO)CO)cc1C(C)C)C5=O. The van der Waals surface area contributed by atoms with Crippen molar-refractivity contribution in [1.82, 2.24) is 0 Å². The Labute approximate surface area is 638 Å². The van der Waals surface area contributed by atoms with Crippen LogP contribution in [-0.4, -0.2) is 70.5 Å². The molecule has 0 aromatic heterocycles. The van der Waals surface area contributed by atoms with E-state index in [2.05, 4.69) is 163 Å². The third-order valence-corrected chi connectivity index (χ3v) is 26.2. The van der Waals surface area contributed by atoms with Gasteiger partial charge in [-0.05, 0) is 298 Å². The zero-order valence-electron chi connectivity index (χ0n) is 63.6. The molecule has 110 heavy (non-hydrogen) atoms. The number of rotatable bonds is 16. The van der Waals surface area contributed by atoms with Gasteiger partial charge in [-0.2, -0.15) is 0 Å². The molecule has 10 nitrogen and oxygen atoms in total. The van der Waals surface area contributed by atoms with E-state index in [0.717, 1.165) is 106 Å². The van der Waals surface area contributed by atoms with Gasteiger partial charge in [0.05, 0.1) is 37.8 Å². The normalized spacial score (nSPS) is 16.5. The Morgan fingerprint density at radius 2 is 0.709 bits per heavy atom. The number of allylic oxidation sites excluding steroid dienone is 8. The van der Waals surface area contributed by atoms with Crippen molar-refractivity contribution in [2.45, 2.75) is 118 Å². The molecule has 5 aliphatic carbocycles. The van der Waals surface area contributed by atoms with Crippen LogP contribution >= 0.6 is 0 Å². The Bertz CT molecular complexity index is 6510. The van der Waals surface area contributed by atoms with Crippen molar-refractivity contribution >= 4 is 139 Å². The number of aryl methyl sites for hydroxylation is 4. The van der Waals surface area contributed by atoms with Gasteiger partial charge < -0.3 is 20.4 Å². The van der Waals surface area contributed by atoms with E-state index in [4.69, 9.17) is 0 Å². The summed E-state index contributed by atoms with van der Waals surface area (Å²) in [6, 6.07) is 50.0. The molecule has 0 bridgehead atoms. The Hall–Kier alpha value is -11.2. The molecule has 2 unspecified atom stereocenters. The number of aliphatic hydroxyl groups excluding tert-OH is 4. The van der Waals surface area contributed by atoms with Crippen LogP contribution in [0.1, 0.15) is 216 Å². The van der Waals surface area contributed by atoms with E-state index in [1.165, 1.54) is 109 Å². The van der Waals surface area contributed by atoms with Crippen molar-refractivity contribution < 1.29 is 39.6 Å². The highest BCUT2D eigenvalue weighted by atomic mass is 16.3. The molecule has 13 aromatic rings. The quantitative estimate of drug-likeness (QED) is 0.0423. The summed E-state index contributed by atoms with van der Waals surface area (Å²) in [5, 5.41) is 55.7. The molecule has 0 saturated carbocycles. The van der Waals surface area contributed by atoms with E-state index in [-0.39, 0.29) is 85.6 Å². The van der Waals surface area contributed by atoms with Gasteiger partial charge in [-0.15, -0.1) is 0 Å². The molecule has 542 valence electrons. The highest BCUT2D eigenvalue weighted by Crippen LogP contribution is 2.64. The number of amides is 4. The van der Waals surface area contributed by atoms with Crippen LogP contribution < -0.4 is 9.80 Å². The molecule has 4 N–H and O–H groups in total. The van der Waals surface area contributed by atoms with Crippen molar-refractivity contribution in [3.8, 4) is 22.3 Å². The maximum atomic E-state index is 15.4. The van der Waals surface area contributed by atoms with Gasteiger partial charge in [-0.25, -0.2) is 9.80 Å². The summed E-state index contributed by atoms with van der Waals surface area (Å²) in [5.74, 6) is -2.53. The van der Waals surface area contributed by atoms with Crippen LogP contribution in [0.25, 0.3) is 126 Å². The minimum atomic E-state index is -0.491. The molecule has 7 aliphatic rings. The molecule has 0 saturated heterocycles. The zero-order valence-corrected chi connectivity index (χ0v) is 63.6. The van der Waals surface area contributed by atoms with Gasteiger partial charge in [0.1, 0.15) is 0 Å². The van der Waals surface area contributed by atoms with E-state index in [9.17, 15) is 20.4 Å². The molecule has 13 aromatic carbocycles. The van der Waals surface area contributed by atoms with Crippen molar-refractivity contribution in [2.75, 3.05) is 36.2 Å². The van der Waals surface area contributed by atoms with Crippen molar-refractivity contribution in [2.24, 2.45) is 11.8 Å². The van der Waals surface area contributed by atoms with E-state index in [1.54, 1.807) is 0 Å². The van der Waals surface area contributed by atoms with Gasteiger partial charge in [0.25, 0.3) is 23.6 Å². The number of fused-ring (bicyclic) bond motifs is 12. The Morgan fingerprint density at radius 3 is 1.16 bits per heavy atom. The topological polar surface area (TPSA) is 156 Å². The van der Waals surface area contributed by atoms with Gasteiger partial charge >= 0.3 is 0 Å². The van der Waals surface area contributed by atoms with E-state index in [1.807, 2.05) is 82.3 Å². The minimum Gasteiger partial charge on any atom is -0.396 e. The predicted octanol–water partition coefficient (Wildman–Crippen LogP) is 21.6. The summed E-state index contributed by atoms with van der Waals surface area (Å²) in [5.41, 5.74) is 28.5. The smallest absolute Gasteiger partial charge is 0.266 e. The zero-order chi connectivity index (χ0) is 76.0. The number of carbonyl (C=O) groups is 4. The third kappa shape index (κ3) is 9.19. The van der Waals surface area contributed by atoms with Crippen LogP contribution in [0.15, 0.2) is 170 Å². The van der Waals surface area contributed by atoms with Crippen LogP contribution in [0.2, 0.25) is 0 Å². The molecule has 0 fully saturated rings. The summed E-state index contributed by atoms with van der Waals surface area (Å²) in [6.07, 6.45) is 13.0. The molecule has 2 aliphatic heterocycles. The highest BCUT2D eigenvalue weighted by Gasteiger charge is 2.49. The average molecular weight is 1440 g/mol. The largest absolute Gasteiger partial charge is 0.396 e. The molecular formula is C100H84N2O8. The fourth-order valence-corrected chi connectivity index (χ4v) is 20.8. The molecule has 10 heteroatoms. The summed E-state index contributed by atoms with van der Waals surface area (Å²) in [6.45, 7) is 24.3. The number of hydrogen-bond acceptors (Lipinski definition) is 8. The monoisotopic (exact) mass is 1440 g/mol. The molecule has 2 atom stereocenters. The number of anilines is 2. The van der Waals surface area contributed by atoms with Gasteiger partial charge in [-0.1, -0.05) is 177 Å². The lowest BCUT2D eigenvalue weighted by molar-refractivity contribution is 0.0877. The van der Waals surface area contributed by atoms with Gasteiger partial charge in [0.15, 0.2) is 0 Å². The number of hydrogen-bond donors (Lipinski definition) is 4. The number of nitrogens with zero attached hydrogens (tertiary/aromatic N) is 2. The molecule has 0 spiro atoms. The molecule has 2 heterocycles. The second kappa shape index (κ2) is 24.4. The van der Waals surface area contributed by atoms with Crippen molar-refractivity contribution in [1.29, 1.82) is 0 Å². The molecule has 20 rings (SSSR count). The van der Waals surface area contributed by atoms with Crippen LogP contribution in [0.3, 0.4) is 0 Å². The summed E-state index contributed by atoms with van der Waals surface area (Å²) in [4.78, 5) is 64.1. The van der Waals surface area contributed by atoms with Gasteiger partial charge in [0.2, 0.25) is 0 Å². The first-order chi connectivity index (χ1) is 53.1. The number of aliphatic hydroxyl groups is 4. The maximum Gasteiger partial charge on any atom is 0.266 e. The number of imide groups is 2. The average Bonchev–Trinajstić information content (AvgIpc) is 1.20. The maximum absolute atomic E-state index is 15.4. The fourth-order valence-electron chi connectivity index (χ4n) is 20.8. The molecule has 4 amide bonds. The highest BCUT2D eigenvalue weighted by molar-refractivity contribution is 6.44. The first-order valence-electron chi connectivity index (χ1n) is 39.2. The molecular weight excluding hydrogens is 1360 g/mol. The molecule has 0 radical (unpaired) electrons. The second-order valence-electron chi connectivity index (χ2n) is 33.4.